The fraction of sp³-hybridized carbons (Fsp3) is 0.571. The maximum Gasteiger partial charge on any atom is 0.0439 e. The third kappa shape index (κ3) is 0.940. The fourth-order valence-electron chi connectivity index (χ4n) is 3.35. The van der Waals surface area contributed by atoms with Crippen LogP contribution in [0.2, 0.25) is 0 Å². The van der Waals surface area contributed by atoms with Crippen molar-refractivity contribution in [1.29, 1.82) is 0 Å². The van der Waals surface area contributed by atoms with Crippen molar-refractivity contribution in [2.45, 2.75) is 27.7 Å². The second-order valence-corrected chi connectivity index (χ2v) is 5.64. The van der Waals surface area contributed by atoms with Crippen molar-refractivity contribution in [3.05, 3.63) is 34.1 Å². The van der Waals surface area contributed by atoms with Crippen molar-refractivity contribution in [3.63, 3.8) is 0 Å². The van der Waals surface area contributed by atoms with Gasteiger partial charge in [0.15, 0.2) is 0 Å². The van der Waals surface area contributed by atoms with Crippen molar-refractivity contribution in [3.8, 4) is 0 Å². The third-order valence-electron chi connectivity index (χ3n) is 3.92. The van der Waals surface area contributed by atoms with Gasteiger partial charge in [0, 0.05) is 23.6 Å². The Hall–Kier alpha value is -0.980. The topological polar surface area (TPSA) is 26.0 Å². The molecule has 2 atom stereocenters. The Morgan fingerprint density at radius 3 is 2.00 bits per heavy atom. The molecule has 1 heteroatoms. The summed E-state index contributed by atoms with van der Waals surface area (Å²) in [6.07, 6.45) is 3.38. The first-order chi connectivity index (χ1) is 7.04. The third-order valence-corrected chi connectivity index (χ3v) is 3.92. The Labute approximate surface area is 91.7 Å². The summed E-state index contributed by atoms with van der Waals surface area (Å²) in [6, 6.07) is 0. The van der Waals surface area contributed by atoms with Gasteiger partial charge in [-0.1, -0.05) is 27.7 Å². The molecule has 0 spiro atoms. The van der Waals surface area contributed by atoms with Crippen LogP contribution in [0.4, 0.5) is 0 Å². The van der Waals surface area contributed by atoms with E-state index in [9.17, 15) is 0 Å². The average molecular weight is 200 g/mol. The molecule has 0 heterocycles. The minimum Gasteiger partial charge on any atom is -0.398 e. The van der Waals surface area contributed by atoms with Crippen LogP contribution in [0.5, 0.6) is 0 Å². The van der Waals surface area contributed by atoms with Gasteiger partial charge in [0.2, 0.25) is 0 Å². The van der Waals surface area contributed by atoms with Crippen molar-refractivity contribution in [2.24, 2.45) is 29.4 Å². The van der Waals surface area contributed by atoms with Crippen molar-refractivity contribution in [2.75, 3.05) is 0 Å². The summed E-state index contributed by atoms with van der Waals surface area (Å²) in [6.45, 7) is 9.15. The first-order valence-electron chi connectivity index (χ1n) is 5.92. The van der Waals surface area contributed by atoms with Crippen molar-refractivity contribution < 1.29 is 0 Å². The van der Waals surface area contributed by atoms with E-state index in [1.54, 1.807) is 11.1 Å². The highest BCUT2D eigenvalue weighted by Gasteiger charge is 2.54. The molecule has 2 N–H and O–H groups in total. The molecule has 2 unspecified atom stereocenters. The zero-order valence-corrected chi connectivity index (χ0v) is 9.89. The van der Waals surface area contributed by atoms with E-state index in [0.717, 1.165) is 11.6 Å². The van der Waals surface area contributed by atoms with Crippen LogP contribution in [0.25, 0.3) is 0 Å². The molecule has 2 bridgehead atoms. The molecule has 1 nitrogen and oxygen atoms in total. The molecule has 0 saturated heterocycles. The predicted octanol–water partition coefficient (Wildman–Crippen LogP) is 2.81. The van der Waals surface area contributed by atoms with Gasteiger partial charge in [-0.15, -0.1) is 0 Å². The molecular formula is C14H18N. The number of allylic oxidation sites excluding steroid dienone is 5. The number of hydrogen-bond acceptors (Lipinski definition) is 1. The summed E-state index contributed by atoms with van der Waals surface area (Å²) in [5.74, 6) is 2.66. The average Bonchev–Trinajstić information content (AvgIpc) is 2.68. The van der Waals surface area contributed by atoms with E-state index in [1.165, 1.54) is 11.1 Å². The zero-order valence-electron chi connectivity index (χ0n) is 9.89. The van der Waals surface area contributed by atoms with E-state index in [4.69, 9.17) is 5.73 Å². The molecule has 0 aliphatic heterocycles. The summed E-state index contributed by atoms with van der Waals surface area (Å²) >= 11 is 0. The molecule has 79 valence electrons. The second kappa shape index (κ2) is 2.58. The van der Waals surface area contributed by atoms with Gasteiger partial charge in [-0.2, -0.15) is 0 Å². The van der Waals surface area contributed by atoms with Gasteiger partial charge >= 0.3 is 0 Å². The first-order valence-corrected chi connectivity index (χ1v) is 5.92. The maximum absolute atomic E-state index is 6.04. The van der Waals surface area contributed by atoms with Crippen LogP contribution in [-0.4, -0.2) is 0 Å². The number of rotatable bonds is 2. The van der Waals surface area contributed by atoms with E-state index >= 15 is 0 Å². The van der Waals surface area contributed by atoms with E-state index < -0.39 is 0 Å². The van der Waals surface area contributed by atoms with Crippen LogP contribution < -0.4 is 5.73 Å². The van der Waals surface area contributed by atoms with Crippen molar-refractivity contribution in [1.82, 2.24) is 0 Å². The van der Waals surface area contributed by atoms with Gasteiger partial charge in [0.25, 0.3) is 0 Å². The first kappa shape index (κ1) is 9.26. The number of fused-ring (bicyclic) bond motifs is 3. The van der Waals surface area contributed by atoms with E-state index in [1.807, 2.05) is 0 Å². The van der Waals surface area contributed by atoms with Crippen LogP contribution >= 0.6 is 0 Å². The summed E-state index contributed by atoms with van der Waals surface area (Å²) < 4.78 is 0. The van der Waals surface area contributed by atoms with Gasteiger partial charge in [0.1, 0.15) is 0 Å². The smallest absolute Gasteiger partial charge is 0.0439 e. The lowest BCUT2D eigenvalue weighted by Crippen LogP contribution is -2.12. The van der Waals surface area contributed by atoms with Crippen LogP contribution in [0, 0.1) is 29.7 Å². The van der Waals surface area contributed by atoms with Gasteiger partial charge in [-0.05, 0) is 34.1 Å². The summed E-state index contributed by atoms with van der Waals surface area (Å²) in [5, 5.41) is 0. The largest absolute Gasteiger partial charge is 0.398 e. The molecule has 3 rings (SSSR count). The number of nitrogens with two attached hydrogens (primary N) is 1. The normalized spacial score (nSPS) is 32.0. The molecule has 0 aromatic heterocycles. The zero-order chi connectivity index (χ0) is 10.9. The van der Waals surface area contributed by atoms with E-state index in [0.29, 0.717) is 17.8 Å². The minimum atomic E-state index is 0.574. The standard InChI is InChI=1S/C14H18N/c1-6(2)10-8-5-9(15)13(10)14-11(7(3)4)12(8)14/h6-7,10-11H,15H2,1-4H3. The second-order valence-electron chi connectivity index (χ2n) is 5.64. The quantitative estimate of drug-likeness (QED) is 0.728. The molecule has 1 saturated carbocycles. The van der Waals surface area contributed by atoms with Gasteiger partial charge in [-0.25, -0.2) is 0 Å². The molecule has 3 aliphatic carbocycles. The summed E-state index contributed by atoms with van der Waals surface area (Å²) in [4.78, 5) is 0. The summed E-state index contributed by atoms with van der Waals surface area (Å²) in [5.41, 5.74) is 13.0. The molecule has 0 amide bonds. The van der Waals surface area contributed by atoms with Crippen molar-refractivity contribution >= 4 is 0 Å². The predicted molar refractivity (Wildman–Crippen MR) is 61.7 cm³/mol. The lowest BCUT2D eigenvalue weighted by Gasteiger charge is -2.18. The number of hydrogen-bond donors (Lipinski definition) is 1. The highest BCUT2D eigenvalue weighted by atomic mass is 14.7. The Bertz CT molecular complexity index is 430. The minimum absolute atomic E-state index is 0.574. The Morgan fingerprint density at radius 2 is 1.53 bits per heavy atom. The molecular weight excluding hydrogens is 182 g/mol. The highest BCUT2D eigenvalue weighted by molar-refractivity contribution is 5.76. The maximum atomic E-state index is 6.04. The Kier molecular flexibility index (Phi) is 1.59. The molecule has 3 aliphatic rings. The molecule has 0 aromatic carbocycles. The van der Waals surface area contributed by atoms with Crippen LogP contribution in [-0.2, 0) is 0 Å². The van der Waals surface area contributed by atoms with Crippen LogP contribution in [0.3, 0.4) is 0 Å². The van der Waals surface area contributed by atoms with Gasteiger partial charge < -0.3 is 5.73 Å². The van der Waals surface area contributed by atoms with Crippen LogP contribution in [0.15, 0.2) is 28.0 Å². The molecule has 15 heavy (non-hydrogen) atoms. The highest BCUT2D eigenvalue weighted by Crippen LogP contribution is 2.65. The van der Waals surface area contributed by atoms with Gasteiger partial charge in [-0.3, -0.25) is 0 Å². The summed E-state index contributed by atoms with van der Waals surface area (Å²) in [7, 11) is 0. The Balaban J connectivity index is 2.06. The molecule has 1 fully saturated rings. The lowest BCUT2D eigenvalue weighted by molar-refractivity contribution is 0.510. The van der Waals surface area contributed by atoms with E-state index in [2.05, 4.69) is 33.8 Å². The SMILES string of the molecule is CC(C)C1C2=C3C(=C1C(N)=[C]2)C3C(C)C. The monoisotopic (exact) mass is 200 g/mol. The fourth-order valence-corrected chi connectivity index (χ4v) is 3.35. The molecule has 1 radical (unpaired) electrons. The van der Waals surface area contributed by atoms with Crippen LogP contribution in [0.1, 0.15) is 27.7 Å². The molecule has 0 aromatic rings. The lowest BCUT2D eigenvalue weighted by atomic mass is 9.86. The van der Waals surface area contributed by atoms with Gasteiger partial charge in [0.05, 0.1) is 0 Å². The van der Waals surface area contributed by atoms with E-state index in [-0.39, 0.29) is 0 Å². The Morgan fingerprint density at radius 1 is 0.933 bits per heavy atom.